The largest absolute Gasteiger partial charge is 0.480 e. The quantitative estimate of drug-likeness (QED) is 0.748. The van der Waals surface area contributed by atoms with E-state index in [0.29, 0.717) is 0 Å². The van der Waals surface area contributed by atoms with Crippen LogP contribution in [0, 0.1) is 5.41 Å². The van der Waals surface area contributed by atoms with E-state index in [1.54, 1.807) is 25.7 Å². The molecular formula is C11H20N2O3. The van der Waals surface area contributed by atoms with Gasteiger partial charge in [-0.05, 0) is 18.3 Å². The Hall–Kier alpha value is -1.26. The molecular weight excluding hydrogens is 208 g/mol. The zero-order chi connectivity index (χ0) is 12.3. The molecule has 1 heterocycles. The maximum Gasteiger partial charge on any atom is 0.326 e. The number of nitrogens with zero attached hydrogens (tertiary/aromatic N) is 1. The van der Waals surface area contributed by atoms with Gasteiger partial charge in [0.1, 0.15) is 6.04 Å². The summed E-state index contributed by atoms with van der Waals surface area (Å²) in [6.07, 6.45) is 2.00. The number of carboxylic acid groups (broad SMARTS) is 1. The van der Waals surface area contributed by atoms with Gasteiger partial charge in [-0.1, -0.05) is 20.8 Å². The lowest BCUT2D eigenvalue weighted by atomic mass is 9.87. The Morgan fingerprint density at radius 1 is 1.25 bits per heavy atom. The molecule has 92 valence electrons. The molecule has 1 atom stereocenters. The molecule has 1 aliphatic heterocycles. The van der Waals surface area contributed by atoms with Crippen LogP contribution >= 0.6 is 0 Å². The van der Waals surface area contributed by atoms with E-state index >= 15 is 0 Å². The van der Waals surface area contributed by atoms with Crippen LogP contribution in [0.5, 0.6) is 0 Å². The second-order valence-electron chi connectivity index (χ2n) is 5.28. The summed E-state index contributed by atoms with van der Waals surface area (Å²) < 4.78 is 0. The van der Waals surface area contributed by atoms with Crippen molar-refractivity contribution in [2.45, 2.75) is 39.7 Å². The number of likely N-dealkylation sites (tertiary alicyclic amines) is 1. The first-order chi connectivity index (χ1) is 7.32. The van der Waals surface area contributed by atoms with Crippen LogP contribution in [-0.2, 0) is 4.79 Å². The van der Waals surface area contributed by atoms with Crippen LogP contribution in [0.25, 0.3) is 0 Å². The first kappa shape index (κ1) is 12.8. The molecule has 0 aromatic heterocycles. The summed E-state index contributed by atoms with van der Waals surface area (Å²) in [4.78, 5) is 24.5. The molecule has 1 rings (SSSR count). The van der Waals surface area contributed by atoms with Gasteiger partial charge in [0.15, 0.2) is 0 Å². The number of carbonyl (C=O) groups excluding carboxylic acids is 1. The minimum absolute atomic E-state index is 0.264. The predicted octanol–water partition coefficient (Wildman–Crippen LogP) is 1.29. The lowest BCUT2D eigenvalue weighted by molar-refractivity contribution is -0.142. The zero-order valence-electron chi connectivity index (χ0n) is 10.1. The first-order valence-electron chi connectivity index (χ1n) is 5.60. The fourth-order valence-electron chi connectivity index (χ4n) is 1.78. The van der Waals surface area contributed by atoms with Crippen molar-refractivity contribution in [2.24, 2.45) is 5.41 Å². The minimum atomic E-state index is -0.986. The summed E-state index contributed by atoms with van der Waals surface area (Å²) in [6.45, 7) is 6.85. The summed E-state index contributed by atoms with van der Waals surface area (Å²) in [6, 6.07) is -1.11. The van der Waals surface area contributed by atoms with Crippen LogP contribution in [0.15, 0.2) is 0 Å². The topological polar surface area (TPSA) is 69.6 Å². The summed E-state index contributed by atoms with van der Waals surface area (Å²) >= 11 is 0. The Bertz CT molecular complexity index is 277. The molecule has 1 aliphatic rings. The average Bonchev–Trinajstić information content (AvgIpc) is 2.63. The molecule has 0 bridgehead atoms. The lowest BCUT2D eigenvalue weighted by Gasteiger charge is -2.29. The highest BCUT2D eigenvalue weighted by Gasteiger charge is 2.34. The van der Waals surface area contributed by atoms with Crippen molar-refractivity contribution in [3.05, 3.63) is 0 Å². The van der Waals surface area contributed by atoms with E-state index in [4.69, 9.17) is 5.11 Å². The van der Waals surface area contributed by atoms with Crippen molar-refractivity contribution >= 4 is 12.0 Å². The highest BCUT2D eigenvalue weighted by Crippen LogP contribution is 2.20. The Kier molecular flexibility index (Phi) is 3.78. The summed E-state index contributed by atoms with van der Waals surface area (Å²) in [5, 5.41) is 11.7. The highest BCUT2D eigenvalue weighted by molar-refractivity contribution is 5.83. The molecule has 2 N–H and O–H groups in total. The normalized spacial score (nSPS) is 18.3. The molecule has 0 aliphatic carbocycles. The molecule has 5 heteroatoms. The Morgan fingerprint density at radius 2 is 1.75 bits per heavy atom. The van der Waals surface area contributed by atoms with Gasteiger partial charge in [-0.25, -0.2) is 9.59 Å². The van der Waals surface area contributed by atoms with Gasteiger partial charge in [0.05, 0.1) is 0 Å². The number of carboxylic acids is 1. The lowest BCUT2D eigenvalue weighted by Crippen LogP contribution is -2.52. The van der Waals surface area contributed by atoms with Crippen LogP contribution in [-0.4, -0.2) is 41.1 Å². The van der Waals surface area contributed by atoms with E-state index in [0.717, 1.165) is 25.9 Å². The number of aliphatic carboxylic acids is 1. The standard InChI is InChI=1S/C11H20N2O3/c1-11(2,3)8(9(14)15)12-10(16)13-6-4-5-7-13/h8H,4-7H2,1-3H3,(H,12,16)(H,14,15). The third-order valence-electron chi connectivity index (χ3n) is 2.77. The number of urea groups is 1. The maximum atomic E-state index is 11.8. The number of hydrogen-bond donors (Lipinski definition) is 2. The molecule has 0 aromatic carbocycles. The van der Waals surface area contributed by atoms with Gasteiger partial charge in [-0.3, -0.25) is 0 Å². The molecule has 1 unspecified atom stereocenters. The van der Waals surface area contributed by atoms with Crippen molar-refractivity contribution in [2.75, 3.05) is 13.1 Å². The molecule has 2 amide bonds. The summed E-state index contributed by atoms with van der Waals surface area (Å²) in [7, 11) is 0. The van der Waals surface area contributed by atoms with Crippen molar-refractivity contribution < 1.29 is 14.7 Å². The smallest absolute Gasteiger partial charge is 0.326 e. The van der Waals surface area contributed by atoms with E-state index in [1.165, 1.54) is 0 Å². The zero-order valence-corrected chi connectivity index (χ0v) is 10.1. The molecule has 1 fully saturated rings. The first-order valence-corrected chi connectivity index (χ1v) is 5.60. The van der Waals surface area contributed by atoms with Crippen molar-refractivity contribution in [3.63, 3.8) is 0 Å². The minimum Gasteiger partial charge on any atom is -0.480 e. The van der Waals surface area contributed by atoms with E-state index in [2.05, 4.69) is 5.32 Å². The van der Waals surface area contributed by atoms with Gasteiger partial charge in [0, 0.05) is 13.1 Å². The Morgan fingerprint density at radius 3 is 2.12 bits per heavy atom. The fraction of sp³-hybridized carbons (Fsp3) is 0.818. The van der Waals surface area contributed by atoms with Gasteiger partial charge in [-0.15, -0.1) is 0 Å². The number of nitrogens with one attached hydrogen (secondary N) is 1. The van der Waals surface area contributed by atoms with Crippen LogP contribution in [0.4, 0.5) is 4.79 Å². The van der Waals surface area contributed by atoms with Gasteiger partial charge in [0.2, 0.25) is 0 Å². The Labute approximate surface area is 95.8 Å². The van der Waals surface area contributed by atoms with Crippen molar-refractivity contribution in [1.82, 2.24) is 10.2 Å². The van der Waals surface area contributed by atoms with Crippen LogP contribution < -0.4 is 5.32 Å². The van der Waals surface area contributed by atoms with Crippen LogP contribution in [0.3, 0.4) is 0 Å². The van der Waals surface area contributed by atoms with E-state index < -0.39 is 17.4 Å². The van der Waals surface area contributed by atoms with Gasteiger partial charge in [0.25, 0.3) is 0 Å². The Balaban J connectivity index is 2.61. The second kappa shape index (κ2) is 4.72. The van der Waals surface area contributed by atoms with E-state index in [1.807, 2.05) is 0 Å². The monoisotopic (exact) mass is 228 g/mol. The van der Waals surface area contributed by atoms with Crippen LogP contribution in [0.2, 0.25) is 0 Å². The molecule has 5 nitrogen and oxygen atoms in total. The predicted molar refractivity (Wildman–Crippen MR) is 60.2 cm³/mol. The maximum absolute atomic E-state index is 11.8. The highest BCUT2D eigenvalue weighted by atomic mass is 16.4. The van der Waals surface area contributed by atoms with Crippen molar-refractivity contribution in [3.8, 4) is 0 Å². The number of carbonyl (C=O) groups is 2. The van der Waals surface area contributed by atoms with E-state index in [-0.39, 0.29) is 6.03 Å². The van der Waals surface area contributed by atoms with Gasteiger partial charge >= 0.3 is 12.0 Å². The third kappa shape index (κ3) is 3.12. The van der Waals surface area contributed by atoms with E-state index in [9.17, 15) is 9.59 Å². The van der Waals surface area contributed by atoms with Crippen molar-refractivity contribution in [1.29, 1.82) is 0 Å². The molecule has 0 saturated carbocycles. The average molecular weight is 228 g/mol. The number of rotatable bonds is 2. The number of hydrogen-bond acceptors (Lipinski definition) is 2. The summed E-state index contributed by atoms with van der Waals surface area (Å²) in [5.74, 6) is -0.986. The van der Waals surface area contributed by atoms with Crippen LogP contribution in [0.1, 0.15) is 33.6 Å². The summed E-state index contributed by atoms with van der Waals surface area (Å²) in [5.41, 5.74) is -0.485. The third-order valence-corrected chi connectivity index (χ3v) is 2.77. The molecule has 1 saturated heterocycles. The second-order valence-corrected chi connectivity index (χ2v) is 5.28. The molecule has 0 spiro atoms. The molecule has 0 radical (unpaired) electrons. The van der Waals surface area contributed by atoms with Gasteiger partial charge in [-0.2, -0.15) is 0 Å². The molecule has 0 aromatic rings. The molecule has 16 heavy (non-hydrogen) atoms. The van der Waals surface area contributed by atoms with Gasteiger partial charge < -0.3 is 15.3 Å². The SMILES string of the molecule is CC(C)(C)C(NC(=O)N1CCCC1)C(=O)O. The number of amides is 2. The fourth-order valence-corrected chi connectivity index (χ4v) is 1.78.